The Morgan fingerprint density at radius 2 is 1.44 bits per heavy atom. The second kappa shape index (κ2) is 9.76. The first kappa shape index (κ1) is 23.0. The Morgan fingerprint density at radius 1 is 0.794 bits per heavy atom. The summed E-state index contributed by atoms with van der Waals surface area (Å²) >= 11 is 0. The summed E-state index contributed by atoms with van der Waals surface area (Å²) in [6.07, 6.45) is 0. The minimum Gasteiger partial charge on any atom is -0.497 e. The average Bonchev–Trinajstić information content (AvgIpc) is 2.85. The molecule has 0 saturated heterocycles. The van der Waals surface area contributed by atoms with Gasteiger partial charge in [0.15, 0.2) is 0 Å². The topological polar surface area (TPSA) is 84.5 Å². The molecule has 2 N–H and O–H groups in total. The number of carbonyl (C=O) groups excluding carboxylic acids is 1. The number of hydrogen-bond donors (Lipinski definition) is 2. The second-order valence-corrected chi connectivity index (χ2v) is 9.08. The Morgan fingerprint density at radius 3 is 2.06 bits per heavy atom. The third kappa shape index (κ3) is 5.41. The number of amides is 1. The Kier molecular flexibility index (Phi) is 6.60. The summed E-state index contributed by atoms with van der Waals surface area (Å²) in [5, 5.41) is 2.77. The van der Waals surface area contributed by atoms with Gasteiger partial charge in [0, 0.05) is 16.9 Å². The summed E-state index contributed by atoms with van der Waals surface area (Å²) in [5.74, 6) is -0.0113. The summed E-state index contributed by atoms with van der Waals surface area (Å²) in [4.78, 5) is 12.5. The molecule has 0 spiro atoms. The van der Waals surface area contributed by atoms with Crippen molar-refractivity contribution in [2.45, 2.75) is 4.90 Å². The number of sulfonamides is 1. The fraction of sp³-hybridized carbons (Fsp3) is 0.0385. The first-order chi connectivity index (χ1) is 16.3. The van der Waals surface area contributed by atoms with Crippen LogP contribution in [0, 0.1) is 5.82 Å². The molecule has 0 radical (unpaired) electrons. The van der Waals surface area contributed by atoms with Crippen molar-refractivity contribution < 1.29 is 22.3 Å². The molecule has 0 atom stereocenters. The van der Waals surface area contributed by atoms with E-state index in [4.69, 9.17) is 4.74 Å². The molecule has 4 aromatic carbocycles. The maximum absolute atomic E-state index is 13.4. The van der Waals surface area contributed by atoms with Crippen LogP contribution in [0.2, 0.25) is 0 Å². The Hall–Kier alpha value is -4.17. The highest BCUT2D eigenvalue weighted by Gasteiger charge is 2.15. The lowest BCUT2D eigenvalue weighted by atomic mass is 10.1. The van der Waals surface area contributed by atoms with Gasteiger partial charge in [-0.15, -0.1) is 0 Å². The molecule has 0 heterocycles. The molecule has 4 rings (SSSR count). The summed E-state index contributed by atoms with van der Waals surface area (Å²) < 4.78 is 46.5. The number of methoxy groups -OCH3 is 1. The number of hydrogen-bond acceptors (Lipinski definition) is 4. The Labute approximate surface area is 197 Å². The predicted octanol–water partition coefficient (Wildman–Crippen LogP) is 5.55. The minimum atomic E-state index is -3.85. The monoisotopic (exact) mass is 476 g/mol. The van der Waals surface area contributed by atoms with Crippen molar-refractivity contribution in [2.24, 2.45) is 0 Å². The fourth-order valence-corrected chi connectivity index (χ4v) is 4.33. The molecule has 8 heteroatoms. The van der Waals surface area contributed by atoms with Crippen LogP contribution in [0.1, 0.15) is 10.4 Å². The molecule has 34 heavy (non-hydrogen) atoms. The summed E-state index contributed by atoms with van der Waals surface area (Å²) in [7, 11) is -2.28. The van der Waals surface area contributed by atoms with Crippen LogP contribution in [0.5, 0.6) is 5.75 Å². The van der Waals surface area contributed by atoms with E-state index in [1.165, 1.54) is 48.5 Å². The van der Waals surface area contributed by atoms with E-state index in [0.29, 0.717) is 33.8 Å². The third-order valence-corrected chi connectivity index (χ3v) is 6.47. The van der Waals surface area contributed by atoms with Gasteiger partial charge in [-0.1, -0.05) is 24.3 Å². The van der Waals surface area contributed by atoms with Crippen molar-refractivity contribution in [1.82, 2.24) is 0 Å². The van der Waals surface area contributed by atoms with E-state index in [2.05, 4.69) is 10.0 Å². The first-order valence-corrected chi connectivity index (χ1v) is 11.8. The van der Waals surface area contributed by atoms with Gasteiger partial charge in [0.25, 0.3) is 15.9 Å². The van der Waals surface area contributed by atoms with Crippen molar-refractivity contribution in [3.63, 3.8) is 0 Å². The molecule has 6 nitrogen and oxygen atoms in total. The maximum Gasteiger partial charge on any atom is 0.261 e. The summed E-state index contributed by atoms with van der Waals surface area (Å²) in [5.41, 5.74) is 2.65. The van der Waals surface area contributed by atoms with Crippen LogP contribution in [-0.4, -0.2) is 21.4 Å². The van der Waals surface area contributed by atoms with Gasteiger partial charge in [-0.2, -0.15) is 0 Å². The zero-order valence-electron chi connectivity index (χ0n) is 18.2. The van der Waals surface area contributed by atoms with Crippen LogP contribution in [0.3, 0.4) is 0 Å². The van der Waals surface area contributed by atoms with Crippen LogP contribution in [0.15, 0.2) is 102 Å². The molecule has 0 unspecified atom stereocenters. The Balaban J connectivity index is 1.43. The lowest BCUT2D eigenvalue weighted by Crippen LogP contribution is -2.14. The SMILES string of the molecule is COc1ccc(NC(=O)c2ccc(NS(=O)(=O)c3ccc(-c4cccc(F)c4)cc3)cc2)cc1. The van der Waals surface area contributed by atoms with Gasteiger partial charge in [0.2, 0.25) is 0 Å². The highest BCUT2D eigenvalue weighted by atomic mass is 32.2. The number of nitrogens with one attached hydrogen (secondary N) is 2. The van der Waals surface area contributed by atoms with Gasteiger partial charge in [-0.3, -0.25) is 9.52 Å². The smallest absolute Gasteiger partial charge is 0.261 e. The summed E-state index contributed by atoms with van der Waals surface area (Å²) in [6.45, 7) is 0. The highest BCUT2D eigenvalue weighted by Crippen LogP contribution is 2.24. The average molecular weight is 477 g/mol. The zero-order chi connectivity index (χ0) is 24.1. The molecule has 0 aliphatic rings. The lowest BCUT2D eigenvalue weighted by Gasteiger charge is -2.10. The standard InChI is InChI=1S/C26H21FN2O4S/c1-33-24-13-11-22(12-14-24)28-26(30)19-5-9-23(10-6-19)29-34(31,32)25-15-7-18(8-16-25)20-3-2-4-21(27)17-20/h2-17,29H,1H3,(H,28,30). The van der Waals surface area contributed by atoms with E-state index in [1.54, 1.807) is 55.6 Å². The quantitative estimate of drug-likeness (QED) is 0.366. The third-order valence-electron chi connectivity index (χ3n) is 5.07. The van der Waals surface area contributed by atoms with Crippen LogP contribution >= 0.6 is 0 Å². The predicted molar refractivity (Wildman–Crippen MR) is 130 cm³/mol. The second-order valence-electron chi connectivity index (χ2n) is 7.40. The number of benzene rings is 4. The van der Waals surface area contributed by atoms with Crippen molar-refractivity contribution >= 4 is 27.3 Å². The molecule has 0 bridgehead atoms. The largest absolute Gasteiger partial charge is 0.497 e. The van der Waals surface area contributed by atoms with Crippen molar-refractivity contribution in [3.05, 3.63) is 108 Å². The van der Waals surface area contributed by atoms with Crippen LogP contribution in [-0.2, 0) is 10.0 Å². The summed E-state index contributed by atoms with van der Waals surface area (Å²) in [6, 6.07) is 25.2. The van der Waals surface area contributed by atoms with Gasteiger partial charge < -0.3 is 10.1 Å². The van der Waals surface area contributed by atoms with E-state index < -0.39 is 10.0 Å². The number of carbonyl (C=O) groups is 1. The first-order valence-electron chi connectivity index (χ1n) is 10.3. The maximum atomic E-state index is 13.4. The van der Waals surface area contributed by atoms with E-state index in [1.807, 2.05) is 0 Å². The molecule has 0 aromatic heterocycles. The van der Waals surface area contributed by atoms with Crippen molar-refractivity contribution in [3.8, 4) is 16.9 Å². The molecule has 0 fully saturated rings. The van der Waals surface area contributed by atoms with E-state index in [0.717, 1.165) is 0 Å². The number of ether oxygens (including phenoxy) is 1. The molecular formula is C26H21FN2O4S. The van der Waals surface area contributed by atoms with Crippen LogP contribution in [0.4, 0.5) is 15.8 Å². The molecule has 4 aromatic rings. The fourth-order valence-electron chi connectivity index (χ4n) is 3.28. The van der Waals surface area contributed by atoms with Crippen LogP contribution in [0.25, 0.3) is 11.1 Å². The lowest BCUT2D eigenvalue weighted by molar-refractivity contribution is 0.102. The normalized spacial score (nSPS) is 11.0. The van der Waals surface area contributed by atoms with Gasteiger partial charge in [-0.05, 0) is 83.9 Å². The molecule has 0 aliphatic carbocycles. The number of anilines is 2. The van der Waals surface area contributed by atoms with Crippen LogP contribution < -0.4 is 14.8 Å². The minimum absolute atomic E-state index is 0.0639. The van der Waals surface area contributed by atoms with Gasteiger partial charge in [0.1, 0.15) is 11.6 Å². The number of rotatable bonds is 7. The van der Waals surface area contributed by atoms with E-state index >= 15 is 0 Å². The van der Waals surface area contributed by atoms with Gasteiger partial charge in [0.05, 0.1) is 12.0 Å². The molecule has 172 valence electrons. The van der Waals surface area contributed by atoms with E-state index in [9.17, 15) is 17.6 Å². The molecule has 0 aliphatic heterocycles. The van der Waals surface area contributed by atoms with Crippen molar-refractivity contribution in [2.75, 3.05) is 17.1 Å². The van der Waals surface area contributed by atoms with E-state index in [-0.39, 0.29) is 16.6 Å². The molecular weight excluding hydrogens is 455 g/mol. The number of halogens is 1. The molecule has 0 saturated carbocycles. The highest BCUT2D eigenvalue weighted by molar-refractivity contribution is 7.92. The van der Waals surface area contributed by atoms with Gasteiger partial charge in [-0.25, -0.2) is 12.8 Å². The van der Waals surface area contributed by atoms with Gasteiger partial charge >= 0.3 is 0 Å². The molecule has 1 amide bonds. The zero-order valence-corrected chi connectivity index (χ0v) is 19.0. The van der Waals surface area contributed by atoms with Crippen molar-refractivity contribution in [1.29, 1.82) is 0 Å². The Bertz CT molecular complexity index is 1400.